The number of hydrazine groups is 1. The summed E-state index contributed by atoms with van der Waals surface area (Å²) in [5.41, 5.74) is 7.42. The molecule has 0 aliphatic carbocycles. The molecule has 0 bridgehead atoms. The van der Waals surface area contributed by atoms with E-state index in [-0.39, 0.29) is 23.5 Å². The van der Waals surface area contributed by atoms with Gasteiger partial charge in [0.2, 0.25) is 5.91 Å². The average molecular weight is 458 g/mol. The molecule has 1 amide bonds. The fourth-order valence-corrected chi connectivity index (χ4v) is 3.33. The molecular weight excluding hydrogens is 440 g/mol. The van der Waals surface area contributed by atoms with Gasteiger partial charge in [0.25, 0.3) is 11.4 Å². The standard InChI is InChI=1S/C23H18N6O5/c30-22(25-24-20-8-4-5-9-21(20)29(33)34)14-17-15-27(18-6-2-1-3-7-18)26-23(17)16-10-12-19(13-11-16)28(31)32/h1-13,15,24H,14H2,(H,25,30). The molecule has 1 heterocycles. The lowest BCUT2D eigenvalue weighted by Crippen LogP contribution is -2.31. The third-order valence-corrected chi connectivity index (χ3v) is 4.95. The molecule has 0 radical (unpaired) electrons. The van der Waals surface area contributed by atoms with Gasteiger partial charge in [0, 0.05) is 35.5 Å². The Morgan fingerprint density at radius 1 is 0.882 bits per heavy atom. The number of nitro benzene ring substituents is 2. The zero-order chi connectivity index (χ0) is 24.1. The summed E-state index contributed by atoms with van der Waals surface area (Å²) < 4.78 is 1.62. The number of nitro groups is 2. The van der Waals surface area contributed by atoms with E-state index in [9.17, 15) is 25.0 Å². The number of nitrogens with one attached hydrogen (secondary N) is 2. The van der Waals surface area contributed by atoms with E-state index < -0.39 is 15.8 Å². The van der Waals surface area contributed by atoms with Gasteiger partial charge >= 0.3 is 0 Å². The van der Waals surface area contributed by atoms with Gasteiger partial charge < -0.3 is 0 Å². The van der Waals surface area contributed by atoms with E-state index in [1.165, 1.54) is 30.3 Å². The summed E-state index contributed by atoms with van der Waals surface area (Å²) in [6, 6.07) is 21.1. The lowest BCUT2D eigenvalue weighted by atomic mass is 10.1. The second-order valence-electron chi connectivity index (χ2n) is 7.21. The number of benzene rings is 3. The lowest BCUT2D eigenvalue weighted by Gasteiger charge is -2.09. The summed E-state index contributed by atoms with van der Waals surface area (Å²) in [5, 5.41) is 26.7. The summed E-state index contributed by atoms with van der Waals surface area (Å²) in [7, 11) is 0. The number of hydrogen-bond acceptors (Lipinski definition) is 7. The number of rotatable bonds is 8. The Kier molecular flexibility index (Phi) is 6.26. The number of aromatic nitrogens is 2. The van der Waals surface area contributed by atoms with Crippen molar-refractivity contribution in [3.63, 3.8) is 0 Å². The van der Waals surface area contributed by atoms with E-state index in [0.29, 0.717) is 16.8 Å². The quantitative estimate of drug-likeness (QED) is 0.299. The Hall–Kier alpha value is -5.06. The minimum Gasteiger partial charge on any atom is -0.292 e. The molecule has 3 aromatic carbocycles. The van der Waals surface area contributed by atoms with Gasteiger partial charge in [0.1, 0.15) is 5.69 Å². The van der Waals surface area contributed by atoms with Crippen LogP contribution in [0.3, 0.4) is 0 Å². The minimum absolute atomic E-state index is 0.0563. The summed E-state index contributed by atoms with van der Waals surface area (Å²) in [4.78, 5) is 33.8. The van der Waals surface area contributed by atoms with Crippen LogP contribution in [0.5, 0.6) is 0 Å². The molecule has 4 aromatic rings. The third-order valence-electron chi connectivity index (χ3n) is 4.95. The average Bonchev–Trinajstić information content (AvgIpc) is 3.27. The molecule has 0 unspecified atom stereocenters. The van der Waals surface area contributed by atoms with Crippen LogP contribution in [0, 0.1) is 20.2 Å². The van der Waals surface area contributed by atoms with Gasteiger partial charge in [0.15, 0.2) is 0 Å². The summed E-state index contributed by atoms with van der Waals surface area (Å²) >= 11 is 0. The van der Waals surface area contributed by atoms with Crippen LogP contribution in [0.15, 0.2) is 85.1 Å². The van der Waals surface area contributed by atoms with Gasteiger partial charge in [-0.1, -0.05) is 30.3 Å². The summed E-state index contributed by atoms with van der Waals surface area (Å²) in [5.74, 6) is -0.450. The van der Waals surface area contributed by atoms with Crippen molar-refractivity contribution in [3.8, 4) is 16.9 Å². The zero-order valence-electron chi connectivity index (χ0n) is 17.6. The Bertz CT molecular complexity index is 1350. The number of carbonyl (C=O) groups is 1. The van der Waals surface area contributed by atoms with Gasteiger partial charge in [-0.15, -0.1) is 0 Å². The monoisotopic (exact) mass is 458 g/mol. The number of para-hydroxylation sites is 3. The number of non-ortho nitro benzene ring substituents is 1. The first-order valence-electron chi connectivity index (χ1n) is 10.1. The first-order chi connectivity index (χ1) is 16.4. The number of anilines is 1. The number of nitrogens with zero attached hydrogens (tertiary/aromatic N) is 4. The van der Waals surface area contributed by atoms with Crippen LogP contribution in [0.2, 0.25) is 0 Å². The van der Waals surface area contributed by atoms with Crippen LogP contribution >= 0.6 is 0 Å². The molecule has 170 valence electrons. The lowest BCUT2D eigenvalue weighted by molar-refractivity contribution is -0.384. The molecule has 0 spiro atoms. The van der Waals surface area contributed by atoms with E-state index >= 15 is 0 Å². The predicted octanol–water partition coefficient (Wildman–Crippen LogP) is 4.04. The fourth-order valence-electron chi connectivity index (χ4n) is 3.33. The van der Waals surface area contributed by atoms with Gasteiger partial charge in [0.05, 0.1) is 27.6 Å². The van der Waals surface area contributed by atoms with Crippen molar-refractivity contribution in [1.29, 1.82) is 0 Å². The Labute approximate surface area is 192 Å². The molecule has 0 aliphatic rings. The fraction of sp³-hybridized carbons (Fsp3) is 0.0435. The van der Waals surface area contributed by atoms with E-state index in [4.69, 9.17) is 0 Å². The van der Waals surface area contributed by atoms with Crippen LogP contribution in [0.25, 0.3) is 16.9 Å². The van der Waals surface area contributed by atoms with Crippen molar-refractivity contribution in [2.45, 2.75) is 6.42 Å². The van der Waals surface area contributed by atoms with Crippen molar-refractivity contribution in [2.75, 3.05) is 5.43 Å². The third kappa shape index (κ3) is 4.88. The van der Waals surface area contributed by atoms with E-state index in [1.807, 2.05) is 30.3 Å². The second kappa shape index (κ2) is 9.61. The molecule has 11 nitrogen and oxygen atoms in total. The molecule has 34 heavy (non-hydrogen) atoms. The minimum atomic E-state index is -0.551. The van der Waals surface area contributed by atoms with Crippen LogP contribution in [0.1, 0.15) is 5.56 Å². The van der Waals surface area contributed by atoms with Crippen molar-refractivity contribution < 1.29 is 14.6 Å². The van der Waals surface area contributed by atoms with Crippen LogP contribution in [-0.2, 0) is 11.2 Å². The Morgan fingerprint density at radius 3 is 2.24 bits per heavy atom. The molecule has 0 saturated carbocycles. The zero-order valence-corrected chi connectivity index (χ0v) is 17.6. The van der Waals surface area contributed by atoms with Crippen molar-refractivity contribution in [2.24, 2.45) is 0 Å². The predicted molar refractivity (Wildman–Crippen MR) is 124 cm³/mol. The van der Waals surface area contributed by atoms with Crippen LogP contribution < -0.4 is 10.9 Å². The molecule has 4 rings (SSSR count). The number of amides is 1. The van der Waals surface area contributed by atoms with Crippen molar-refractivity contribution in [1.82, 2.24) is 15.2 Å². The summed E-state index contributed by atoms with van der Waals surface area (Å²) in [6.45, 7) is 0. The van der Waals surface area contributed by atoms with Crippen LogP contribution in [-0.4, -0.2) is 25.5 Å². The molecular formula is C23H18N6O5. The molecule has 1 aromatic heterocycles. The van der Waals surface area contributed by atoms with Crippen molar-refractivity contribution in [3.05, 3.63) is 111 Å². The highest BCUT2D eigenvalue weighted by Gasteiger charge is 2.18. The summed E-state index contributed by atoms with van der Waals surface area (Å²) in [6.07, 6.45) is 1.61. The highest BCUT2D eigenvalue weighted by molar-refractivity contribution is 5.82. The first kappa shape index (κ1) is 22.1. The van der Waals surface area contributed by atoms with E-state index in [1.54, 1.807) is 29.1 Å². The Morgan fingerprint density at radius 2 is 1.56 bits per heavy atom. The van der Waals surface area contributed by atoms with Gasteiger partial charge in [-0.05, 0) is 30.3 Å². The van der Waals surface area contributed by atoms with Crippen molar-refractivity contribution >= 4 is 23.0 Å². The number of carbonyl (C=O) groups excluding carboxylic acids is 1. The van der Waals surface area contributed by atoms with Gasteiger partial charge in [-0.25, -0.2) is 4.68 Å². The molecule has 0 atom stereocenters. The molecule has 0 aliphatic heterocycles. The highest BCUT2D eigenvalue weighted by atomic mass is 16.6. The van der Waals surface area contributed by atoms with Gasteiger partial charge in [-0.3, -0.25) is 35.9 Å². The molecule has 2 N–H and O–H groups in total. The maximum absolute atomic E-state index is 12.7. The van der Waals surface area contributed by atoms with E-state index in [2.05, 4.69) is 16.0 Å². The maximum atomic E-state index is 12.7. The van der Waals surface area contributed by atoms with E-state index in [0.717, 1.165) is 5.69 Å². The molecule has 0 saturated heterocycles. The SMILES string of the molecule is O=C(Cc1cn(-c2ccccc2)nc1-c1ccc([N+](=O)[O-])cc1)NNc1ccccc1[N+](=O)[O-]. The normalized spacial score (nSPS) is 10.5. The van der Waals surface area contributed by atoms with Crippen LogP contribution in [0.4, 0.5) is 17.1 Å². The highest BCUT2D eigenvalue weighted by Crippen LogP contribution is 2.27. The maximum Gasteiger partial charge on any atom is 0.294 e. The molecule has 11 heteroatoms. The topological polar surface area (TPSA) is 145 Å². The Balaban J connectivity index is 1.60. The number of hydrogen-bond donors (Lipinski definition) is 2. The first-order valence-corrected chi connectivity index (χ1v) is 10.1. The largest absolute Gasteiger partial charge is 0.294 e. The second-order valence-corrected chi connectivity index (χ2v) is 7.21. The molecule has 0 fully saturated rings. The smallest absolute Gasteiger partial charge is 0.292 e. The van der Waals surface area contributed by atoms with Gasteiger partial charge in [-0.2, -0.15) is 5.10 Å².